The maximum atomic E-state index is 13.3. The van der Waals surface area contributed by atoms with E-state index in [-0.39, 0.29) is 18.4 Å². The van der Waals surface area contributed by atoms with Crippen molar-refractivity contribution in [2.24, 2.45) is 0 Å². The lowest BCUT2D eigenvalue weighted by molar-refractivity contribution is -0.127. The number of fused-ring (bicyclic) bond motifs is 1. The van der Waals surface area contributed by atoms with Crippen LogP contribution in [0, 0.1) is 11.6 Å². The van der Waals surface area contributed by atoms with Gasteiger partial charge >= 0.3 is 0 Å². The van der Waals surface area contributed by atoms with Gasteiger partial charge in [-0.1, -0.05) is 0 Å². The molecular weight excluding hydrogens is 385 g/mol. The highest BCUT2D eigenvalue weighted by Gasteiger charge is 2.48. The Bertz CT molecular complexity index is 1070. The fourth-order valence-electron chi connectivity index (χ4n) is 3.33. The highest BCUT2D eigenvalue weighted by Crippen LogP contribution is 2.31. The number of halogens is 2. The predicted octanol–water partition coefficient (Wildman–Crippen LogP) is 2.37. The number of hydrogen-bond donors (Lipinski definition) is 3. The lowest BCUT2D eigenvalue weighted by Gasteiger charge is -2.24. The van der Waals surface area contributed by atoms with Crippen molar-refractivity contribution in [2.45, 2.75) is 18.6 Å². The van der Waals surface area contributed by atoms with Crippen molar-refractivity contribution in [1.82, 2.24) is 15.5 Å². The zero-order chi connectivity index (χ0) is 19.9. The van der Waals surface area contributed by atoms with Gasteiger partial charge in [-0.15, -0.1) is 8.86 Å². The summed E-state index contributed by atoms with van der Waals surface area (Å²) >= 11 is 0. The van der Waals surface area contributed by atoms with Gasteiger partial charge in [-0.2, -0.15) is 5.10 Å². The first-order chi connectivity index (χ1) is 13.4. The Morgan fingerprint density at radius 2 is 2.04 bits per heavy atom. The minimum Gasteiger partial charge on any atom is -0.374 e. The lowest BCUT2D eigenvalue weighted by atomic mass is 10.0. The van der Waals surface area contributed by atoms with E-state index in [4.69, 9.17) is 0 Å². The van der Waals surface area contributed by atoms with Crippen molar-refractivity contribution in [3.63, 3.8) is 0 Å². The van der Waals surface area contributed by atoms with Crippen LogP contribution in [0.2, 0.25) is 0 Å². The van der Waals surface area contributed by atoms with Crippen molar-refractivity contribution in [2.75, 3.05) is 11.4 Å². The molecule has 1 aliphatic heterocycles. The second-order valence-electron chi connectivity index (χ2n) is 6.71. The molecule has 0 radical (unpaired) electrons. The van der Waals surface area contributed by atoms with Crippen LogP contribution in [0.15, 0.2) is 42.6 Å². The number of aromatic nitrogens is 2. The summed E-state index contributed by atoms with van der Waals surface area (Å²) in [6.45, 7) is 0.368. The molecule has 0 spiro atoms. The monoisotopic (exact) mass is 402 g/mol. The van der Waals surface area contributed by atoms with Gasteiger partial charge < -0.3 is 10.0 Å². The molecule has 1 aliphatic rings. The predicted molar refractivity (Wildman–Crippen MR) is 105 cm³/mol. The van der Waals surface area contributed by atoms with Gasteiger partial charge in [0.15, 0.2) is 5.60 Å². The molecule has 1 fully saturated rings. The van der Waals surface area contributed by atoms with Crippen molar-refractivity contribution in [1.29, 1.82) is 0 Å². The fourth-order valence-corrected chi connectivity index (χ4v) is 3.65. The molecule has 0 saturated carbocycles. The van der Waals surface area contributed by atoms with Crippen LogP contribution in [0.1, 0.15) is 12.0 Å². The molecule has 9 heteroatoms. The zero-order valence-electron chi connectivity index (χ0n) is 14.7. The molecule has 2 heterocycles. The van der Waals surface area contributed by atoms with Crippen molar-refractivity contribution in [3.05, 3.63) is 59.8 Å². The van der Waals surface area contributed by atoms with Crippen LogP contribution in [0.25, 0.3) is 10.9 Å². The van der Waals surface area contributed by atoms with Gasteiger partial charge in [-0.25, -0.2) is 8.78 Å². The topological polar surface area (TPSA) is 81.2 Å². The number of amides is 1. The molecule has 2 aromatic carbocycles. The minimum absolute atomic E-state index is 0.0457. The summed E-state index contributed by atoms with van der Waals surface area (Å²) in [6.07, 6.45) is 1.82. The number of nitrogens with one attached hydrogen (secondary N) is 2. The quantitative estimate of drug-likeness (QED) is 0.573. The van der Waals surface area contributed by atoms with Crippen molar-refractivity contribution < 1.29 is 18.7 Å². The number of rotatable bonds is 5. The van der Waals surface area contributed by atoms with E-state index in [1.165, 1.54) is 17.0 Å². The molecule has 144 valence electrons. The number of carbonyl (C=O) groups is 1. The van der Waals surface area contributed by atoms with E-state index >= 15 is 0 Å². The van der Waals surface area contributed by atoms with Gasteiger partial charge in [-0.3, -0.25) is 15.2 Å². The van der Waals surface area contributed by atoms with E-state index in [1.807, 2.05) is 12.1 Å². The first-order valence-electron chi connectivity index (χ1n) is 8.62. The van der Waals surface area contributed by atoms with E-state index in [9.17, 15) is 18.7 Å². The normalized spacial score (nSPS) is 19.5. The number of aromatic amines is 1. The van der Waals surface area contributed by atoms with Gasteiger partial charge in [0, 0.05) is 36.7 Å². The second-order valence-corrected chi connectivity index (χ2v) is 7.21. The standard InChI is InChI=1S/C19H17F2N4O2P/c20-13-5-11(6-14(21)8-13)9-22-17(28)19(27)3-4-25(18(19)26)15-1-2-16-12(7-15)10-23-24-16/h1-2,5-8,10,22,27-28H,3-4,9H2,(H,23,24)/t19-/m0/s1. The largest absolute Gasteiger partial charge is 0.374 e. The smallest absolute Gasteiger partial charge is 0.265 e. The molecule has 6 nitrogen and oxygen atoms in total. The summed E-state index contributed by atoms with van der Waals surface area (Å²) in [6, 6.07) is 8.56. The zero-order valence-corrected chi connectivity index (χ0v) is 15.7. The summed E-state index contributed by atoms with van der Waals surface area (Å²) < 4.78 is 26.6. The number of anilines is 1. The Hall–Kier alpha value is -2.67. The Morgan fingerprint density at radius 3 is 2.79 bits per heavy atom. The number of hydrogen-bond acceptors (Lipinski definition) is 3. The van der Waals surface area contributed by atoms with Crippen molar-refractivity contribution >= 4 is 36.8 Å². The molecule has 0 unspecified atom stereocenters. The van der Waals surface area contributed by atoms with Gasteiger partial charge in [-0.05, 0) is 35.9 Å². The van der Waals surface area contributed by atoms with Gasteiger partial charge in [0.2, 0.25) is 0 Å². The molecule has 3 N–H and O–H groups in total. The minimum atomic E-state index is -1.77. The average molecular weight is 402 g/mol. The van der Waals surface area contributed by atoms with E-state index in [0.29, 0.717) is 17.8 Å². The van der Waals surface area contributed by atoms with Gasteiger partial charge in [0.1, 0.15) is 11.6 Å². The molecule has 1 aromatic heterocycles. The SMILES string of the molecule is O=C1N(c2ccc3[nH]ncc3c2)CC[C@]1(O)C(=P)NCc1cc(F)cc(F)c1. The third kappa shape index (κ3) is 3.30. The van der Waals surface area contributed by atoms with E-state index in [0.717, 1.165) is 17.0 Å². The van der Waals surface area contributed by atoms with E-state index in [2.05, 4.69) is 24.4 Å². The maximum absolute atomic E-state index is 13.3. The Morgan fingerprint density at radius 1 is 1.29 bits per heavy atom. The number of benzene rings is 2. The molecular formula is C19H17F2N4O2P. The Balaban J connectivity index is 1.49. The molecule has 28 heavy (non-hydrogen) atoms. The first-order valence-corrected chi connectivity index (χ1v) is 9.12. The van der Waals surface area contributed by atoms with Crippen LogP contribution in [-0.4, -0.2) is 38.8 Å². The van der Waals surface area contributed by atoms with Crippen LogP contribution >= 0.6 is 8.86 Å². The number of aliphatic hydroxyl groups is 1. The molecule has 1 saturated heterocycles. The first kappa shape index (κ1) is 18.7. The summed E-state index contributed by atoms with van der Waals surface area (Å²) in [7, 11) is 3.30. The molecule has 1 amide bonds. The second kappa shape index (κ2) is 7.05. The molecule has 0 bridgehead atoms. The third-order valence-corrected chi connectivity index (χ3v) is 5.43. The fraction of sp³-hybridized carbons (Fsp3) is 0.211. The third-order valence-electron chi connectivity index (χ3n) is 4.84. The summed E-state index contributed by atoms with van der Waals surface area (Å²) in [5.41, 5.74) is 0.232. The van der Waals surface area contributed by atoms with Crippen molar-refractivity contribution in [3.8, 4) is 0 Å². The maximum Gasteiger partial charge on any atom is 0.265 e. The van der Waals surface area contributed by atoms with Crippen LogP contribution < -0.4 is 10.2 Å². The number of nitrogens with zero attached hydrogens (tertiary/aromatic N) is 2. The molecule has 0 aliphatic carbocycles. The summed E-state index contributed by atoms with van der Waals surface area (Å²) in [4.78, 5) is 14.4. The van der Waals surface area contributed by atoms with Gasteiger partial charge in [0.25, 0.3) is 5.91 Å². The van der Waals surface area contributed by atoms with E-state index < -0.39 is 23.1 Å². The van der Waals surface area contributed by atoms with Crippen LogP contribution in [0.5, 0.6) is 0 Å². The summed E-state index contributed by atoms with van der Waals surface area (Å²) in [5, 5.41) is 21.4. The van der Waals surface area contributed by atoms with Crippen LogP contribution in [0.3, 0.4) is 0 Å². The molecule has 4 rings (SSSR count). The average Bonchev–Trinajstić information content (AvgIpc) is 3.24. The molecule has 1 atom stereocenters. The van der Waals surface area contributed by atoms with Crippen LogP contribution in [-0.2, 0) is 11.3 Å². The highest BCUT2D eigenvalue weighted by molar-refractivity contribution is 7.21. The Labute approximate surface area is 161 Å². The van der Waals surface area contributed by atoms with Gasteiger partial charge in [0.05, 0.1) is 17.1 Å². The number of H-pyrrole nitrogens is 1. The number of carbonyl (C=O) groups excluding carboxylic acids is 1. The lowest BCUT2D eigenvalue weighted by Crippen LogP contribution is -2.51. The van der Waals surface area contributed by atoms with E-state index in [1.54, 1.807) is 12.3 Å². The highest BCUT2D eigenvalue weighted by atomic mass is 31.0. The summed E-state index contributed by atoms with van der Waals surface area (Å²) in [5.74, 6) is -1.87. The Kier molecular flexibility index (Phi) is 4.71. The van der Waals surface area contributed by atoms with Crippen LogP contribution in [0.4, 0.5) is 14.5 Å². The molecule has 3 aromatic rings.